The second-order valence-corrected chi connectivity index (χ2v) is 7.55. The summed E-state index contributed by atoms with van der Waals surface area (Å²) in [6.07, 6.45) is 2.20. The van der Waals surface area contributed by atoms with E-state index in [2.05, 4.69) is 27.9 Å². The average Bonchev–Trinajstić information content (AvgIpc) is 2.77. The van der Waals surface area contributed by atoms with Gasteiger partial charge in [-0.3, -0.25) is 9.59 Å². The lowest BCUT2D eigenvalue weighted by molar-refractivity contribution is -0.116. The van der Waals surface area contributed by atoms with Crippen molar-refractivity contribution < 1.29 is 9.59 Å². The van der Waals surface area contributed by atoms with E-state index in [4.69, 9.17) is 0 Å². The van der Waals surface area contributed by atoms with Crippen molar-refractivity contribution in [2.75, 3.05) is 5.32 Å². The molecule has 0 fully saturated rings. The molecule has 20 heavy (non-hydrogen) atoms. The fourth-order valence-electron chi connectivity index (χ4n) is 2.31. The molecule has 1 amide bonds. The molecule has 0 bridgehead atoms. The minimum atomic E-state index is 0.0440. The Morgan fingerprint density at radius 3 is 2.80 bits per heavy atom. The summed E-state index contributed by atoms with van der Waals surface area (Å²) in [5.41, 5.74) is 3.31. The minimum Gasteiger partial charge on any atom is -0.326 e. The monoisotopic (exact) mass is 397 g/mol. The van der Waals surface area contributed by atoms with E-state index in [1.54, 1.807) is 17.4 Å². The van der Waals surface area contributed by atoms with Crippen LogP contribution in [0.4, 0.5) is 5.69 Å². The first kappa shape index (κ1) is 13.8. The maximum Gasteiger partial charge on any atom is 0.224 e. The molecule has 2 heterocycles. The molecule has 0 unspecified atom stereocenters. The maximum atomic E-state index is 12.4. The highest BCUT2D eigenvalue weighted by Gasteiger charge is 2.16. The zero-order valence-electron chi connectivity index (χ0n) is 10.6. The predicted molar refractivity (Wildman–Crippen MR) is 88.5 cm³/mol. The van der Waals surface area contributed by atoms with Crippen molar-refractivity contribution in [1.82, 2.24) is 0 Å². The number of hydrogen-bond acceptors (Lipinski definition) is 3. The van der Waals surface area contributed by atoms with E-state index in [0.717, 1.165) is 32.5 Å². The summed E-state index contributed by atoms with van der Waals surface area (Å²) in [6, 6.07) is 7.44. The summed E-state index contributed by atoms with van der Waals surface area (Å²) in [5, 5.41) is 4.77. The van der Waals surface area contributed by atoms with Gasteiger partial charge in [-0.05, 0) is 65.3 Å². The quantitative estimate of drug-likeness (QED) is 0.618. The Labute approximate surface area is 134 Å². The van der Waals surface area contributed by atoms with Crippen LogP contribution in [0.15, 0.2) is 29.6 Å². The van der Waals surface area contributed by atoms with Gasteiger partial charge in [0.25, 0.3) is 0 Å². The number of aryl methyl sites for hydroxylation is 1. The summed E-state index contributed by atoms with van der Waals surface area (Å²) in [5.74, 6) is 0.0951. The number of benzene rings is 1. The SMILES string of the molecule is O=C1CCCc2cc(C(=O)c3csc(I)c3)ccc2N1. The van der Waals surface area contributed by atoms with Crippen LogP contribution in [0.1, 0.15) is 34.3 Å². The van der Waals surface area contributed by atoms with E-state index in [9.17, 15) is 9.59 Å². The molecule has 1 aliphatic heterocycles. The molecular formula is C15H12INO2S. The van der Waals surface area contributed by atoms with Crippen LogP contribution in [0.25, 0.3) is 0 Å². The number of halogens is 1. The number of ketones is 1. The van der Waals surface area contributed by atoms with E-state index in [1.165, 1.54) is 0 Å². The van der Waals surface area contributed by atoms with E-state index in [-0.39, 0.29) is 11.7 Å². The second kappa shape index (κ2) is 5.65. The van der Waals surface area contributed by atoms with Crippen molar-refractivity contribution in [2.45, 2.75) is 19.3 Å². The van der Waals surface area contributed by atoms with Gasteiger partial charge in [-0.15, -0.1) is 11.3 Å². The Hall–Kier alpha value is -1.21. The highest BCUT2D eigenvalue weighted by atomic mass is 127. The fourth-order valence-corrected chi connectivity index (χ4v) is 3.64. The lowest BCUT2D eigenvalue weighted by atomic mass is 10.00. The smallest absolute Gasteiger partial charge is 0.224 e. The van der Waals surface area contributed by atoms with E-state index < -0.39 is 0 Å². The van der Waals surface area contributed by atoms with E-state index in [0.29, 0.717) is 12.0 Å². The molecule has 0 saturated heterocycles. The first-order valence-electron chi connectivity index (χ1n) is 6.35. The molecule has 0 atom stereocenters. The second-order valence-electron chi connectivity index (χ2n) is 4.74. The topological polar surface area (TPSA) is 46.2 Å². The number of amides is 1. The van der Waals surface area contributed by atoms with Crippen molar-refractivity contribution in [3.8, 4) is 0 Å². The van der Waals surface area contributed by atoms with Gasteiger partial charge in [0.1, 0.15) is 0 Å². The van der Waals surface area contributed by atoms with Crippen LogP contribution < -0.4 is 5.32 Å². The third-order valence-corrected chi connectivity index (χ3v) is 5.11. The number of nitrogens with one attached hydrogen (secondary N) is 1. The van der Waals surface area contributed by atoms with Gasteiger partial charge in [-0.25, -0.2) is 0 Å². The van der Waals surface area contributed by atoms with Gasteiger partial charge in [0.15, 0.2) is 5.78 Å². The first-order chi connectivity index (χ1) is 9.63. The van der Waals surface area contributed by atoms with Crippen LogP contribution in [0, 0.1) is 2.88 Å². The fraction of sp³-hybridized carbons (Fsp3) is 0.200. The van der Waals surface area contributed by atoms with Crippen LogP contribution in [-0.2, 0) is 11.2 Å². The molecule has 1 aromatic heterocycles. The van der Waals surface area contributed by atoms with Crippen LogP contribution in [0.2, 0.25) is 0 Å². The van der Waals surface area contributed by atoms with Crippen LogP contribution in [0.3, 0.4) is 0 Å². The number of carbonyl (C=O) groups excluding carboxylic acids is 2. The summed E-state index contributed by atoms with van der Waals surface area (Å²) in [7, 11) is 0. The zero-order valence-corrected chi connectivity index (χ0v) is 13.6. The van der Waals surface area contributed by atoms with Gasteiger partial charge in [0.05, 0.1) is 2.88 Å². The standard InChI is InChI=1S/C15H12INO2S/c16-13-7-11(8-20-13)15(19)10-4-5-12-9(6-10)2-1-3-14(18)17-12/h4-8H,1-3H2,(H,17,18). The Morgan fingerprint density at radius 1 is 1.20 bits per heavy atom. The van der Waals surface area contributed by atoms with Crippen LogP contribution in [-0.4, -0.2) is 11.7 Å². The minimum absolute atomic E-state index is 0.0440. The molecule has 2 aromatic rings. The Morgan fingerprint density at radius 2 is 2.05 bits per heavy atom. The molecule has 1 N–H and O–H groups in total. The van der Waals surface area contributed by atoms with Gasteiger partial charge >= 0.3 is 0 Å². The van der Waals surface area contributed by atoms with Gasteiger partial charge < -0.3 is 5.32 Å². The van der Waals surface area contributed by atoms with Gasteiger partial charge in [0.2, 0.25) is 5.91 Å². The molecule has 0 spiro atoms. The third kappa shape index (κ3) is 2.78. The van der Waals surface area contributed by atoms with Crippen molar-refractivity contribution in [3.05, 3.63) is 49.2 Å². The van der Waals surface area contributed by atoms with Crippen molar-refractivity contribution in [2.24, 2.45) is 0 Å². The van der Waals surface area contributed by atoms with Crippen molar-refractivity contribution in [3.63, 3.8) is 0 Å². The Balaban J connectivity index is 1.94. The number of anilines is 1. The molecule has 1 aliphatic rings. The number of carbonyl (C=O) groups is 2. The normalized spacial score (nSPS) is 14.3. The van der Waals surface area contributed by atoms with Crippen LogP contribution in [0.5, 0.6) is 0 Å². The average molecular weight is 397 g/mol. The number of hydrogen-bond donors (Lipinski definition) is 1. The van der Waals surface area contributed by atoms with Gasteiger partial charge in [-0.2, -0.15) is 0 Å². The summed E-state index contributed by atoms with van der Waals surface area (Å²) >= 11 is 3.78. The van der Waals surface area contributed by atoms with Crippen molar-refractivity contribution in [1.29, 1.82) is 0 Å². The van der Waals surface area contributed by atoms with E-state index >= 15 is 0 Å². The van der Waals surface area contributed by atoms with Crippen molar-refractivity contribution >= 4 is 51.3 Å². The molecule has 3 nitrogen and oxygen atoms in total. The molecule has 102 valence electrons. The van der Waals surface area contributed by atoms with Gasteiger partial charge in [0, 0.05) is 28.6 Å². The molecule has 0 radical (unpaired) electrons. The lowest BCUT2D eigenvalue weighted by Gasteiger charge is -2.08. The highest BCUT2D eigenvalue weighted by molar-refractivity contribution is 14.1. The summed E-state index contributed by atoms with van der Waals surface area (Å²) < 4.78 is 1.10. The Bertz CT molecular complexity index is 693. The summed E-state index contributed by atoms with van der Waals surface area (Å²) in [6.45, 7) is 0. The molecular weight excluding hydrogens is 385 g/mol. The zero-order chi connectivity index (χ0) is 14.1. The number of thiophene rings is 1. The maximum absolute atomic E-state index is 12.4. The van der Waals surface area contributed by atoms with E-state index in [1.807, 2.05) is 23.6 Å². The number of rotatable bonds is 2. The molecule has 0 aliphatic carbocycles. The lowest BCUT2D eigenvalue weighted by Crippen LogP contribution is -2.09. The summed E-state index contributed by atoms with van der Waals surface area (Å²) in [4.78, 5) is 23.9. The molecule has 0 saturated carbocycles. The Kier molecular flexibility index (Phi) is 3.89. The number of fused-ring (bicyclic) bond motifs is 1. The largest absolute Gasteiger partial charge is 0.326 e. The molecule has 5 heteroatoms. The molecule has 3 rings (SSSR count). The highest BCUT2D eigenvalue weighted by Crippen LogP contribution is 2.25. The third-order valence-electron chi connectivity index (χ3n) is 3.32. The van der Waals surface area contributed by atoms with Crippen LogP contribution >= 0.6 is 33.9 Å². The predicted octanol–water partition coefficient (Wildman–Crippen LogP) is 3.86. The van der Waals surface area contributed by atoms with Gasteiger partial charge in [-0.1, -0.05) is 0 Å². The molecule has 1 aromatic carbocycles. The first-order valence-corrected chi connectivity index (χ1v) is 8.31.